The van der Waals surface area contributed by atoms with Crippen molar-refractivity contribution in [2.75, 3.05) is 12.3 Å². The van der Waals surface area contributed by atoms with Gasteiger partial charge >= 0.3 is 0 Å². The summed E-state index contributed by atoms with van der Waals surface area (Å²) in [6.07, 6.45) is 1.58. The normalized spacial score (nSPS) is 10.4. The average molecular weight is 387 g/mol. The number of aromatic nitrogens is 1. The molecule has 0 bridgehead atoms. The molecule has 142 valence electrons. The van der Waals surface area contributed by atoms with Crippen molar-refractivity contribution in [2.24, 2.45) is 0 Å². The lowest BCUT2D eigenvalue weighted by Crippen LogP contribution is -2.25. The number of thioether (sulfide) groups is 1. The lowest BCUT2D eigenvalue weighted by Gasteiger charge is -2.11. The number of pyridine rings is 1. The minimum atomic E-state index is -0.389. The largest absolute Gasteiger partial charge is 0.356 e. The highest BCUT2D eigenvalue weighted by Crippen LogP contribution is 2.18. The number of H-pyrrole nitrogens is 1. The number of hydrogen-bond acceptors (Lipinski definition) is 4. The predicted molar refractivity (Wildman–Crippen MR) is 104 cm³/mol. The second-order valence-electron chi connectivity index (χ2n) is 6.18. The number of nitrogens with zero attached hydrogens (tertiary/aromatic N) is 1. The molecule has 1 aromatic carbocycles. The molecule has 0 fully saturated rings. The van der Waals surface area contributed by atoms with Crippen molar-refractivity contribution in [3.05, 3.63) is 62.8 Å². The van der Waals surface area contributed by atoms with Crippen molar-refractivity contribution >= 4 is 17.7 Å². The molecule has 0 aliphatic heterocycles. The summed E-state index contributed by atoms with van der Waals surface area (Å²) >= 11 is 1.62. The molecule has 0 atom stereocenters. The number of carbonyl (C=O) groups is 1. The first-order chi connectivity index (χ1) is 12.9. The Bertz CT molecular complexity index is 901. The molecule has 5 nitrogen and oxygen atoms in total. The van der Waals surface area contributed by atoms with E-state index in [-0.39, 0.29) is 22.8 Å². The maximum Gasteiger partial charge on any atom is 0.266 e. The molecule has 0 saturated carbocycles. The zero-order chi connectivity index (χ0) is 19.8. The van der Waals surface area contributed by atoms with Crippen LogP contribution >= 0.6 is 11.8 Å². The van der Waals surface area contributed by atoms with Gasteiger partial charge in [-0.15, -0.1) is 11.8 Å². The Morgan fingerprint density at radius 3 is 2.67 bits per heavy atom. The third-order valence-corrected chi connectivity index (χ3v) is 5.35. The molecule has 27 heavy (non-hydrogen) atoms. The number of carbonyl (C=O) groups excluding carboxylic acids is 1. The van der Waals surface area contributed by atoms with E-state index < -0.39 is 0 Å². The van der Waals surface area contributed by atoms with E-state index in [0.717, 1.165) is 22.6 Å². The molecule has 2 aromatic rings. The Morgan fingerprint density at radius 1 is 1.30 bits per heavy atom. The smallest absolute Gasteiger partial charge is 0.266 e. The molecular formula is C20H22FN3O2S. The van der Waals surface area contributed by atoms with Gasteiger partial charge in [0.25, 0.3) is 5.56 Å². The quantitative estimate of drug-likeness (QED) is 0.538. The monoisotopic (exact) mass is 387 g/mol. The SMILES string of the molecule is Cc1[nH]c(=O)c(C#N)c(C)c1CCC(=O)NCCCSc1ccc(F)cc1. The lowest BCUT2D eigenvalue weighted by molar-refractivity contribution is -0.121. The van der Waals surface area contributed by atoms with Crippen LogP contribution in [0.25, 0.3) is 0 Å². The summed E-state index contributed by atoms with van der Waals surface area (Å²) in [5.74, 6) is 0.516. The lowest BCUT2D eigenvalue weighted by atomic mass is 9.99. The summed E-state index contributed by atoms with van der Waals surface area (Å²) in [5, 5.41) is 12.0. The van der Waals surface area contributed by atoms with Gasteiger partial charge in [0, 0.05) is 23.6 Å². The van der Waals surface area contributed by atoms with E-state index >= 15 is 0 Å². The predicted octanol–water partition coefficient (Wildman–Crippen LogP) is 3.23. The van der Waals surface area contributed by atoms with Crippen molar-refractivity contribution in [2.45, 2.75) is 38.0 Å². The van der Waals surface area contributed by atoms with E-state index in [2.05, 4.69) is 10.3 Å². The number of halogens is 1. The molecule has 0 unspecified atom stereocenters. The van der Waals surface area contributed by atoms with Crippen LogP contribution in [-0.4, -0.2) is 23.2 Å². The summed E-state index contributed by atoms with van der Waals surface area (Å²) in [5.41, 5.74) is 1.89. The van der Waals surface area contributed by atoms with E-state index in [1.54, 1.807) is 37.7 Å². The van der Waals surface area contributed by atoms with Gasteiger partial charge in [0.1, 0.15) is 17.4 Å². The average Bonchev–Trinajstić information content (AvgIpc) is 2.63. The van der Waals surface area contributed by atoms with Gasteiger partial charge in [0.15, 0.2) is 0 Å². The summed E-state index contributed by atoms with van der Waals surface area (Å²) in [7, 11) is 0. The fourth-order valence-electron chi connectivity index (χ4n) is 2.77. The Hall–Kier alpha value is -2.59. The first kappa shape index (κ1) is 20.7. The van der Waals surface area contributed by atoms with Crippen molar-refractivity contribution in [3.8, 4) is 6.07 Å². The van der Waals surface area contributed by atoms with Crippen LogP contribution in [0.4, 0.5) is 4.39 Å². The topological polar surface area (TPSA) is 85.8 Å². The number of benzene rings is 1. The summed E-state index contributed by atoms with van der Waals surface area (Å²) in [6, 6.07) is 8.26. The number of rotatable bonds is 8. The molecule has 1 heterocycles. The zero-order valence-electron chi connectivity index (χ0n) is 15.4. The third-order valence-electron chi connectivity index (χ3n) is 4.25. The van der Waals surface area contributed by atoms with E-state index in [9.17, 15) is 14.0 Å². The fraction of sp³-hybridized carbons (Fsp3) is 0.350. The molecule has 0 aliphatic carbocycles. The number of nitriles is 1. The third kappa shape index (κ3) is 5.97. The molecular weight excluding hydrogens is 365 g/mol. The van der Waals surface area contributed by atoms with Gasteiger partial charge in [-0.3, -0.25) is 9.59 Å². The minimum Gasteiger partial charge on any atom is -0.356 e. The fourth-order valence-corrected chi connectivity index (χ4v) is 3.62. The molecule has 1 aromatic heterocycles. The molecule has 0 spiro atoms. The van der Waals surface area contributed by atoms with Crippen molar-refractivity contribution in [1.29, 1.82) is 5.26 Å². The standard InChI is InChI=1S/C20H22FN3O2S/c1-13-17(14(2)24-20(26)18(13)12-22)8-9-19(25)23-10-3-11-27-16-6-4-15(21)5-7-16/h4-7H,3,8-11H2,1-2H3,(H,23,25)(H,24,26). The van der Waals surface area contributed by atoms with Crippen LogP contribution < -0.4 is 10.9 Å². The molecule has 0 radical (unpaired) electrons. The summed E-state index contributed by atoms with van der Waals surface area (Å²) < 4.78 is 12.8. The first-order valence-electron chi connectivity index (χ1n) is 8.70. The van der Waals surface area contributed by atoms with Crippen LogP contribution in [-0.2, 0) is 11.2 Å². The van der Waals surface area contributed by atoms with Crippen LogP contribution in [0.3, 0.4) is 0 Å². The number of hydrogen-bond donors (Lipinski definition) is 2. The van der Waals surface area contributed by atoms with Gasteiger partial charge in [-0.1, -0.05) is 0 Å². The highest BCUT2D eigenvalue weighted by atomic mass is 32.2. The van der Waals surface area contributed by atoms with Crippen molar-refractivity contribution < 1.29 is 9.18 Å². The Morgan fingerprint density at radius 2 is 2.00 bits per heavy atom. The van der Waals surface area contributed by atoms with E-state index in [4.69, 9.17) is 5.26 Å². The van der Waals surface area contributed by atoms with Crippen LogP contribution in [0.5, 0.6) is 0 Å². The van der Waals surface area contributed by atoms with Crippen molar-refractivity contribution in [1.82, 2.24) is 10.3 Å². The summed E-state index contributed by atoms with van der Waals surface area (Å²) in [4.78, 5) is 27.4. The van der Waals surface area contributed by atoms with Crippen LogP contribution in [0.2, 0.25) is 0 Å². The number of aromatic amines is 1. The number of aryl methyl sites for hydroxylation is 1. The summed E-state index contributed by atoms with van der Waals surface area (Å²) in [6.45, 7) is 4.08. The van der Waals surface area contributed by atoms with Gasteiger partial charge in [-0.05, 0) is 67.8 Å². The maximum atomic E-state index is 12.8. The second-order valence-corrected chi connectivity index (χ2v) is 7.34. The highest BCUT2D eigenvalue weighted by Gasteiger charge is 2.13. The van der Waals surface area contributed by atoms with Gasteiger partial charge in [-0.25, -0.2) is 4.39 Å². The molecule has 0 saturated heterocycles. The van der Waals surface area contributed by atoms with E-state index in [1.807, 2.05) is 6.07 Å². The zero-order valence-corrected chi connectivity index (χ0v) is 16.2. The molecule has 2 N–H and O–H groups in total. The molecule has 2 rings (SSSR count). The Kier molecular flexibility index (Phi) is 7.62. The van der Waals surface area contributed by atoms with Gasteiger partial charge in [0.05, 0.1) is 0 Å². The van der Waals surface area contributed by atoms with Gasteiger partial charge < -0.3 is 10.3 Å². The molecule has 1 amide bonds. The highest BCUT2D eigenvalue weighted by molar-refractivity contribution is 7.99. The van der Waals surface area contributed by atoms with Crippen LogP contribution in [0, 0.1) is 31.0 Å². The Balaban J connectivity index is 1.74. The van der Waals surface area contributed by atoms with E-state index in [0.29, 0.717) is 30.6 Å². The first-order valence-corrected chi connectivity index (χ1v) is 9.68. The Labute approximate surface area is 162 Å². The van der Waals surface area contributed by atoms with Crippen LogP contribution in [0.15, 0.2) is 34.0 Å². The van der Waals surface area contributed by atoms with Gasteiger partial charge in [-0.2, -0.15) is 5.26 Å². The maximum absolute atomic E-state index is 12.8. The molecule has 0 aliphatic rings. The second kappa shape index (κ2) is 9.93. The minimum absolute atomic E-state index is 0.0645. The van der Waals surface area contributed by atoms with Crippen molar-refractivity contribution in [3.63, 3.8) is 0 Å². The van der Waals surface area contributed by atoms with E-state index in [1.165, 1.54) is 12.1 Å². The van der Waals surface area contributed by atoms with Gasteiger partial charge in [0.2, 0.25) is 5.91 Å². The van der Waals surface area contributed by atoms with Crippen LogP contribution in [0.1, 0.15) is 35.2 Å². The molecule has 7 heteroatoms. The number of nitrogens with one attached hydrogen (secondary N) is 2. The number of amides is 1.